The van der Waals surface area contributed by atoms with Crippen LogP contribution in [0.5, 0.6) is 0 Å². The first-order valence-electron chi connectivity index (χ1n) is 5.17. The van der Waals surface area contributed by atoms with Gasteiger partial charge in [-0.15, -0.1) is 11.8 Å². The standard InChI is InChI=1S/C13H9ClS3/c14-10-7-5-9(6-8-10)13-15-11-3-1-2-4-12(11)16-17-13/h1-8,13H. The van der Waals surface area contributed by atoms with Crippen molar-refractivity contribution in [2.75, 3.05) is 0 Å². The second-order valence-corrected chi connectivity index (χ2v) is 7.86. The zero-order chi connectivity index (χ0) is 11.7. The Hall–Kier alpha value is -0.220. The van der Waals surface area contributed by atoms with E-state index >= 15 is 0 Å². The molecular formula is C13H9ClS3. The monoisotopic (exact) mass is 296 g/mol. The fraction of sp³-hybridized carbons (Fsp3) is 0.0769. The second-order valence-electron chi connectivity index (χ2n) is 3.63. The molecule has 0 amide bonds. The Kier molecular flexibility index (Phi) is 3.61. The number of hydrogen-bond acceptors (Lipinski definition) is 3. The summed E-state index contributed by atoms with van der Waals surface area (Å²) in [5.41, 5.74) is 1.33. The first-order valence-corrected chi connectivity index (χ1v) is 8.64. The third-order valence-corrected chi connectivity index (χ3v) is 7.35. The van der Waals surface area contributed by atoms with Gasteiger partial charge in [0.25, 0.3) is 0 Å². The van der Waals surface area contributed by atoms with Gasteiger partial charge in [-0.2, -0.15) is 0 Å². The zero-order valence-corrected chi connectivity index (χ0v) is 12.0. The molecule has 0 aromatic heterocycles. The normalized spacial score (nSPS) is 18.8. The Labute approximate surface area is 118 Å². The summed E-state index contributed by atoms with van der Waals surface area (Å²) in [5.74, 6) is 0. The van der Waals surface area contributed by atoms with Crippen LogP contribution in [0.1, 0.15) is 10.1 Å². The molecule has 2 aromatic rings. The molecule has 0 spiro atoms. The van der Waals surface area contributed by atoms with Crippen molar-refractivity contribution in [1.82, 2.24) is 0 Å². The summed E-state index contributed by atoms with van der Waals surface area (Å²) in [5, 5.41) is 0.799. The molecule has 1 heterocycles. The highest BCUT2D eigenvalue weighted by atomic mass is 35.5. The van der Waals surface area contributed by atoms with Crippen LogP contribution in [0.25, 0.3) is 0 Å². The topological polar surface area (TPSA) is 0 Å². The van der Waals surface area contributed by atoms with Crippen LogP contribution in [-0.2, 0) is 0 Å². The number of fused-ring (bicyclic) bond motifs is 1. The van der Waals surface area contributed by atoms with E-state index in [1.807, 2.05) is 45.5 Å². The first-order chi connectivity index (χ1) is 8.33. The predicted molar refractivity (Wildman–Crippen MR) is 79.9 cm³/mol. The van der Waals surface area contributed by atoms with Crippen LogP contribution in [0, 0.1) is 0 Å². The van der Waals surface area contributed by atoms with Crippen molar-refractivity contribution < 1.29 is 0 Å². The average Bonchev–Trinajstić information content (AvgIpc) is 2.39. The summed E-state index contributed by atoms with van der Waals surface area (Å²) in [6.45, 7) is 0. The van der Waals surface area contributed by atoms with E-state index in [0.29, 0.717) is 4.58 Å². The summed E-state index contributed by atoms with van der Waals surface area (Å²) >= 11 is 7.83. The van der Waals surface area contributed by atoms with Crippen LogP contribution >= 0.6 is 45.0 Å². The maximum atomic E-state index is 5.91. The lowest BCUT2D eigenvalue weighted by Gasteiger charge is -2.22. The minimum atomic E-state index is 0.451. The summed E-state index contributed by atoms with van der Waals surface area (Å²) in [4.78, 5) is 2.74. The van der Waals surface area contributed by atoms with Gasteiger partial charge in [0.15, 0.2) is 0 Å². The average molecular weight is 297 g/mol. The molecule has 0 aliphatic carbocycles. The number of thioether (sulfide) groups is 1. The fourth-order valence-electron chi connectivity index (χ4n) is 1.59. The predicted octanol–water partition coefficient (Wildman–Crippen LogP) is 5.88. The van der Waals surface area contributed by atoms with E-state index in [2.05, 4.69) is 36.4 Å². The number of benzene rings is 2. The van der Waals surface area contributed by atoms with E-state index in [9.17, 15) is 0 Å². The molecule has 0 N–H and O–H groups in total. The quantitative estimate of drug-likeness (QED) is 0.603. The highest BCUT2D eigenvalue weighted by Crippen LogP contribution is 2.58. The minimum absolute atomic E-state index is 0.451. The molecule has 17 heavy (non-hydrogen) atoms. The Morgan fingerprint density at radius 3 is 2.35 bits per heavy atom. The van der Waals surface area contributed by atoms with Gasteiger partial charge in [0.2, 0.25) is 0 Å². The smallest absolute Gasteiger partial charge is 0.0905 e. The summed E-state index contributed by atoms with van der Waals surface area (Å²) in [6, 6.07) is 16.7. The SMILES string of the molecule is Clc1ccc(C2SSc3ccccc3S2)cc1. The van der Waals surface area contributed by atoms with Gasteiger partial charge >= 0.3 is 0 Å². The van der Waals surface area contributed by atoms with Crippen LogP contribution in [0.2, 0.25) is 5.02 Å². The molecule has 1 unspecified atom stereocenters. The van der Waals surface area contributed by atoms with Crippen molar-refractivity contribution >= 4 is 45.0 Å². The van der Waals surface area contributed by atoms with E-state index in [1.54, 1.807) is 0 Å². The van der Waals surface area contributed by atoms with Crippen LogP contribution in [-0.4, -0.2) is 0 Å². The number of rotatable bonds is 1. The molecular weight excluding hydrogens is 288 g/mol. The van der Waals surface area contributed by atoms with Crippen LogP contribution < -0.4 is 0 Å². The van der Waals surface area contributed by atoms with Crippen LogP contribution in [0.3, 0.4) is 0 Å². The molecule has 4 heteroatoms. The van der Waals surface area contributed by atoms with E-state index in [1.165, 1.54) is 15.4 Å². The van der Waals surface area contributed by atoms with Crippen molar-refractivity contribution in [2.45, 2.75) is 14.4 Å². The highest BCUT2D eigenvalue weighted by molar-refractivity contribution is 8.78. The number of hydrogen-bond donors (Lipinski definition) is 0. The lowest BCUT2D eigenvalue weighted by molar-refractivity contribution is 1.23. The van der Waals surface area contributed by atoms with Gasteiger partial charge in [-0.25, -0.2) is 0 Å². The summed E-state index contributed by atoms with van der Waals surface area (Å²) in [6.07, 6.45) is 0. The van der Waals surface area contributed by atoms with Crippen molar-refractivity contribution in [3.63, 3.8) is 0 Å². The van der Waals surface area contributed by atoms with Gasteiger partial charge in [0, 0.05) is 14.8 Å². The van der Waals surface area contributed by atoms with Gasteiger partial charge in [-0.1, -0.05) is 57.5 Å². The lowest BCUT2D eigenvalue weighted by atomic mass is 10.2. The zero-order valence-electron chi connectivity index (χ0n) is 8.80. The van der Waals surface area contributed by atoms with Crippen molar-refractivity contribution in [3.8, 4) is 0 Å². The largest absolute Gasteiger partial charge is 0.105 e. The maximum absolute atomic E-state index is 5.91. The Balaban J connectivity index is 1.86. The summed E-state index contributed by atoms with van der Waals surface area (Å²) in [7, 11) is 3.76. The molecule has 86 valence electrons. The molecule has 0 nitrogen and oxygen atoms in total. The molecule has 2 aromatic carbocycles. The van der Waals surface area contributed by atoms with Gasteiger partial charge in [0.1, 0.15) is 0 Å². The van der Waals surface area contributed by atoms with Gasteiger partial charge in [-0.3, -0.25) is 0 Å². The molecule has 0 fully saturated rings. The minimum Gasteiger partial charge on any atom is -0.105 e. The Bertz CT molecular complexity index is 524. The molecule has 0 saturated carbocycles. The first kappa shape index (κ1) is 11.8. The molecule has 0 saturated heterocycles. The van der Waals surface area contributed by atoms with Gasteiger partial charge in [0.05, 0.1) is 4.58 Å². The van der Waals surface area contributed by atoms with E-state index in [0.717, 1.165) is 5.02 Å². The molecule has 0 radical (unpaired) electrons. The molecule has 0 bridgehead atoms. The fourth-order valence-corrected chi connectivity index (χ4v) is 6.27. The van der Waals surface area contributed by atoms with Crippen LogP contribution in [0.15, 0.2) is 58.3 Å². The van der Waals surface area contributed by atoms with E-state index in [4.69, 9.17) is 11.6 Å². The lowest BCUT2D eigenvalue weighted by Crippen LogP contribution is -1.92. The van der Waals surface area contributed by atoms with E-state index < -0.39 is 0 Å². The maximum Gasteiger partial charge on any atom is 0.0905 e. The Morgan fingerprint density at radius 1 is 0.882 bits per heavy atom. The molecule has 1 aliphatic rings. The van der Waals surface area contributed by atoms with E-state index in [-0.39, 0.29) is 0 Å². The van der Waals surface area contributed by atoms with Crippen molar-refractivity contribution in [1.29, 1.82) is 0 Å². The summed E-state index contributed by atoms with van der Waals surface area (Å²) < 4.78 is 0.451. The van der Waals surface area contributed by atoms with Gasteiger partial charge in [-0.05, 0) is 29.8 Å². The molecule has 1 aliphatic heterocycles. The van der Waals surface area contributed by atoms with Crippen LogP contribution in [0.4, 0.5) is 0 Å². The van der Waals surface area contributed by atoms with Crippen molar-refractivity contribution in [2.24, 2.45) is 0 Å². The number of halogens is 1. The molecule has 3 rings (SSSR count). The third-order valence-electron chi connectivity index (χ3n) is 2.45. The van der Waals surface area contributed by atoms with Gasteiger partial charge < -0.3 is 0 Å². The van der Waals surface area contributed by atoms with Crippen molar-refractivity contribution in [3.05, 3.63) is 59.1 Å². The Morgan fingerprint density at radius 2 is 1.59 bits per heavy atom. The second kappa shape index (κ2) is 5.19. The molecule has 1 atom stereocenters. The highest BCUT2D eigenvalue weighted by Gasteiger charge is 2.21. The third kappa shape index (κ3) is 2.63.